The number of amides is 2. The van der Waals surface area contributed by atoms with Gasteiger partial charge in [0.1, 0.15) is 5.82 Å². The first-order chi connectivity index (χ1) is 9.98. The van der Waals surface area contributed by atoms with Crippen LogP contribution >= 0.6 is 0 Å². The van der Waals surface area contributed by atoms with Gasteiger partial charge in [0.15, 0.2) is 0 Å². The lowest BCUT2D eigenvalue weighted by Gasteiger charge is -2.38. The van der Waals surface area contributed by atoms with Crippen LogP contribution in [0.1, 0.15) is 45.0 Å². The number of aliphatic carboxylic acids is 1. The molecule has 1 fully saturated rings. The Morgan fingerprint density at radius 1 is 1.52 bits per heavy atom. The Labute approximate surface area is 123 Å². The van der Waals surface area contributed by atoms with Crippen molar-refractivity contribution in [3.63, 3.8) is 0 Å². The van der Waals surface area contributed by atoms with Gasteiger partial charge in [0, 0.05) is 25.5 Å². The van der Waals surface area contributed by atoms with Crippen molar-refractivity contribution in [2.45, 2.75) is 39.2 Å². The molecule has 2 rings (SSSR count). The molecule has 1 unspecified atom stereocenters. The van der Waals surface area contributed by atoms with Crippen LogP contribution in [0, 0.1) is 5.41 Å². The summed E-state index contributed by atoms with van der Waals surface area (Å²) < 4.78 is 0. The summed E-state index contributed by atoms with van der Waals surface area (Å²) in [5, 5.41) is 12.2. The summed E-state index contributed by atoms with van der Waals surface area (Å²) in [6, 6.07) is -0.376. The van der Waals surface area contributed by atoms with Crippen LogP contribution in [0.3, 0.4) is 0 Å². The highest BCUT2D eigenvalue weighted by Crippen LogP contribution is 2.35. The minimum Gasteiger partial charge on any atom is -0.481 e. The second-order valence-electron chi connectivity index (χ2n) is 5.57. The normalized spacial score (nSPS) is 19.0. The standard InChI is InChI=1S/C14H22N4O3/c1-3-14(12(19)20)4-8-18(9-5-14)13(21)17-10(2)11-15-6-7-16-11/h6-7,10H,3-5,8-9H2,1-2H3,(H,15,16)(H,17,21)(H,19,20). The number of carbonyl (C=O) groups excluding carboxylic acids is 1. The third-order valence-corrected chi connectivity index (χ3v) is 4.41. The SMILES string of the molecule is CCC1(C(=O)O)CCN(C(=O)NC(C)c2ncc[nH]2)CC1. The molecule has 2 amide bonds. The molecule has 1 aliphatic heterocycles. The highest BCUT2D eigenvalue weighted by atomic mass is 16.4. The number of aromatic nitrogens is 2. The molecule has 1 atom stereocenters. The number of nitrogens with zero attached hydrogens (tertiary/aromatic N) is 2. The number of H-pyrrole nitrogens is 1. The molecule has 1 aromatic rings. The van der Waals surface area contributed by atoms with Crippen LogP contribution in [0.25, 0.3) is 0 Å². The minimum absolute atomic E-state index is 0.172. The predicted octanol–water partition coefficient (Wildman–Crippen LogP) is 1.76. The second kappa shape index (κ2) is 6.15. The molecule has 0 radical (unpaired) electrons. The second-order valence-corrected chi connectivity index (χ2v) is 5.57. The maximum atomic E-state index is 12.2. The number of likely N-dealkylation sites (tertiary alicyclic amines) is 1. The van der Waals surface area contributed by atoms with Crippen LogP contribution in [0.4, 0.5) is 4.79 Å². The summed E-state index contributed by atoms with van der Waals surface area (Å²) >= 11 is 0. The number of nitrogens with one attached hydrogen (secondary N) is 2. The highest BCUT2D eigenvalue weighted by molar-refractivity contribution is 5.77. The molecule has 116 valence electrons. The van der Waals surface area contributed by atoms with Crippen molar-refractivity contribution < 1.29 is 14.7 Å². The summed E-state index contributed by atoms with van der Waals surface area (Å²) in [6.45, 7) is 4.69. The zero-order valence-electron chi connectivity index (χ0n) is 12.4. The molecular weight excluding hydrogens is 272 g/mol. The maximum Gasteiger partial charge on any atom is 0.317 e. The Hall–Kier alpha value is -2.05. The third kappa shape index (κ3) is 3.17. The molecule has 1 aromatic heterocycles. The van der Waals surface area contributed by atoms with Crippen molar-refractivity contribution in [2.75, 3.05) is 13.1 Å². The first kappa shape index (κ1) is 15.3. The maximum absolute atomic E-state index is 12.2. The van der Waals surface area contributed by atoms with Crippen LogP contribution in [0.5, 0.6) is 0 Å². The number of carboxylic acids is 1. The molecule has 1 saturated heterocycles. The van der Waals surface area contributed by atoms with Gasteiger partial charge >= 0.3 is 12.0 Å². The van der Waals surface area contributed by atoms with E-state index in [0.717, 1.165) is 0 Å². The summed E-state index contributed by atoms with van der Waals surface area (Å²) in [6.07, 6.45) is 4.95. The highest BCUT2D eigenvalue weighted by Gasteiger charge is 2.40. The number of carboxylic acid groups (broad SMARTS) is 1. The first-order valence-corrected chi connectivity index (χ1v) is 7.26. The van der Waals surface area contributed by atoms with E-state index < -0.39 is 11.4 Å². The molecule has 0 saturated carbocycles. The van der Waals surface area contributed by atoms with Gasteiger partial charge in [0.25, 0.3) is 0 Å². The summed E-state index contributed by atoms with van der Waals surface area (Å²) in [7, 11) is 0. The number of piperidine rings is 1. The van der Waals surface area contributed by atoms with E-state index in [4.69, 9.17) is 0 Å². The fourth-order valence-corrected chi connectivity index (χ4v) is 2.72. The summed E-state index contributed by atoms with van der Waals surface area (Å²) in [5.74, 6) is -0.0530. The van der Waals surface area contributed by atoms with Crippen LogP contribution in [-0.2, 0) is 4.79 Å². The van der Waals surface area contributed by atoms with Gasteiger partial charge in [-0.15, -0.1) is 0 Å². The van der Waals surface area contributed by atoms with Crippen molar-refractivity contribution in [1.29, 1.82) is 0 Å². The Bertz CT molecular complexity index is 492. The van der Waals surface area contributed by atoms with Crippen LogP contribution in [0.2, 0.25) is 0 Å². The lowest BCUT2D eigenvalue weighted by atomic mass is 9.76. The minimum atomic E-state index is -0.756. The molecule has 21 heavy (non-hydrogen) atoms. The van der Waals surface area contributed by atoms with Crippen molar-refractivity contribution in [3.8, 4) is 0 Å². The monoisotopic (exact) mass is 294 g/mol. The number of imidazole rings is 1. The van der Waals surface area contributed by atoms with E-state index in [0.29, 0.717) is 38.2 Å². The summed E-state index contributed by atoms with van der Waals surface area (Å²) in [5.41, 5.74) is -0.677. The molecule has 2 heterocycles. The topological polar surface area (TPSA) is 98.3 Å². The van der Waals surface area contributed by atoms with Gasteiger partial charge in [-0.05, 0) is 26.2 Å². The van der Waals surface area contributed by atoms with Gasteiger partial charge in [-0.25, -0.2) is 9.78 Å². The van der Waals surface area contributed by atoms with Crippen molar-refractivity contribution in [3.05, 3.63) is 18.2 Å². The van der Waals surface area contributed by atoms with E-state index in [1.165, 1.54) is 0 Å². The first-order valence-electron chi connectivity index (χ1n) is 7.26. The van der Waals surface area contributed by atoms with Gasteiger partial charge in [-0.2, -0.15) is 0 Å². The predicted molar refractivity (Wildman–Crippen MR) is 76.7 cm³/mol. The number of aromatic amines is 1. The van der Waals surface area contributed by atoms with E-state index in [9.17, 15) is 14.7 Å². The number of urea groups is 1. The fourth-order valence-electron chi connectivity index (χ4n) is 2.72. The van der Waals surface area contributed by atoms with E-state index in [1.807, 2.05) is 13.8 Å². The number of rotatable bonds is 4. The Kier molecular flexibility index (Phi) is 4.50. The zero-order valence-corrected chi connectivity index (χ0v) is 12.4. The van der Waals surface area contributed by atoms with Crippen LogP contribution < -0.4 is 5.32 Å². The van der Waals surface area contributed by atoms with Crippen LogP contribution in [0.15, 0.2) is 12.4 Å². The lowest BCUT2D eigenvalue weighted by Crippen LogP contribution is -2.49. The zero-order chi connectivity index (χ0) is 15.5. The Balaban J connectivity index is 1.90. The van der Waals surface area contributed by atoms with Gasteiger partial charge in [-0.3, -0.25) is 4.79 Å². The van der Waals surface area contributed by atoms with E-state index >= 15 is 0 Å². The molecule has 0 bridgehead atoms. The molecule has 0 aromatic carbocycles. The van der Waals surface area contributed by atoms with Crippen molar-refractivity contribution in [1.82, 2.24) is 20.2 Å². The smallest absolute Gasteiger partial charge is 0.317 e. The van der Waals surface area contributed by atoms with Gasteiger partial charge in [0.2, 0.25) is 0 Å². The molecule has 1 aliphatic rings. The largest absolute Gasteiger partial charge is 0.481 e. The lowest BCUT2D eigenvalue weighted by molar-refractivity contribution is -0.151. The van der Waals surface area contributed by atoms with Gasteiger partial charge < -0.3 is 20.3 Å². The molecule has 7 heteroatoms. The number of hydrogen-bond acceptors (Lipinski definition) is 3. The van der Waals surface area contributed by atoms with E-state index in [2.05, 4.69) is 15.3 Å². The van der Waals surface area contributed by atoms with E-state index in [-0.39, 0.29) is 12.1 Å². The molecule has 3 N–H and O–H groups in total. The molecule has 7 nitrogen and oxygen atoms in total. The average Bonchev–Trinajstić information content (AvgIpc) is 3.01. The molecular formula is C14H22N4O3. The number of carbonyl (C=O) groups is 2. The Morgan fingerprint density at radius 3 is 2.67 bits per heavy atom. The van der Waals surface area contributed by atoms with Gasteiger partial charge in [-0.1, -0.05) is 6.92 Å². The summed E-state index contributed by atoms with van der Waals surface area (Å²) in [4.78, 5) is 32.3. The third-order valence-electron chi connectivity index (χ3n) is 4.41. The van der Waals surface area contributed by atoms with Crippen molar-refractivity contribution >= 4 is 12.0 Å². The van der Waals surface area contributed by atoms with Crippen molar-refractivity contribution in [2.24, 2.45) is 5.41 Å². The van der Waals surface area contributed by atoms with Gasteiger partial charge in [0.05, 0.1) is 11.5 Å². The van der Waals surface area contributed by atoms with Crippen LogP contribution in [-0.4, -0.2) is 45.1 Å². The average molecular weight is 294 g/mol. The molecule has 0 aliphatic carbocycles. The fraction of sp³-hybridized carbons (Fsp3) is 0.643. The van der Waals surface area contributed by atoms with E-state index in [1.54, 1.807) is 17.3 Å². The number of hydrogen-bond donors (Lipinski definition) is 3. The Morgan fingerprint density at radius 2 is 2.19 bits per heavy atom. The molecule has 0 spiro atoms. The quantitative estimate of drug-likeness (QED) is 0.788.